The van der Waals surface area contributed by atoms with Gasteiger partial charge in [0.05, 0.1) is 17.5 Å². The van der Waals surface area contributed by atoms with Gasteiger partial charge in [-0.05, 0) is 55.7 Å². The molecule has 142 valence electrons. The molecule has 0 amide bonds. The highest BCUT2D eigenvalue weighted by Crippen LogP contribution is 2.30. The number of benzene rings is 2. The molecule has 1 aliphatic rings. The molecule has 0 aliphatic carbocycles. The first-order valence-corrected chi connectivity index (χ1v) is 10.4. The van der Waals surface area contributed by atoms with E-state index in [1.165, 1.54) is 10.4 Å². The number of anilines is 1. The fraction of sp³-hybridized carbons (Fsp3) is 0.300. The molecule has 1 aliphatic heterocycles. The van der Waals surface area contributed by atoms with Gasteiger partial charge in [0.15, 0.2) is 6.61 Å². The molecular formula is C20H21NO5S. The molecular weight excluding hydrogens is 366 g/mol. The number of fused-ring (bicyclic) bond motifs is 1. The van der Waals surface area contributed by atoms with Gasteiger partial charge in [-0.3, -0.25) is 9.10 Å². The van der Waals surface area contributed by atoms with E-state index in [9.17, 15) is 18.0 Å². The van der Waals surface area contributed by atoms with Gasteiger partial charge in [0.25, 0.3) is 0 Å². The predicted octanol–water partition coefficient (Wildman–Crippen LogP) is 2.67. The Hall–Kier alpha value is -2.67. The Kier molecular flexibility index (Phi) is 5.06. The summed E-state index contributed by atoms with van der Waals surface area (Å²) in [5.41, 5.74) is 4.00. The summed E-state index contributed by atoms with van der Waals surface area (Å²) in [4.78, 5) is 24.6. The van der Waals surface area contributed by atoms with Crippen LogP contribution in [0.25, 0.3) is 0 Å². The molecule has 0 aromatic heterocycles. The fourth-order valence-electron chi connectivity index (χ4n) is 3.17. The van der Waals surface area contributed by atoms with E-state index in [2.05, 4.69) is 0 Å². The van der Waals surface area contributed by atoms with Crippen LogP contribution in [0.5, 0.6) is 0 Å². The van der Waals surface area contributed by atoms with Crippen LogP contribution in [0.3, 0.4) is 0 Å². The maximum Gasteiger partial charge on any atom is 0.338 e. The maximum absolute atomic E-state index is 12.3. The number of Topliss-reactive ketones (excluding diaryl/α,β-unsaturated/α-hetero) is 1. The number of sulfonamides is 1. The molecule has 0 bridgehead atoms. The van der Waals surface area contributed by atoms with Crippen LogP contribution in [0.4, 0.5) is 5.69 Å². The van der Waals surface area contributed by atoms with Gasteiger partial charge in [-0.2, -0.15) is 0 Å². The second-order valence-electron chi connectivity index (χ2n) is 6.75. The molecule has 3 rings (SSSR count). The van der Waals surface area contributed by atoms with Crippen molar-refractivity contribution in [3.63, 3.8) is 0 Å². The van der Waals surface area contributed by atoms with Crippen molar-refractivity contribution in [1.29, 1.82) is 0 Å². The van der Waals surface area contributed by atoms with E-state index in [-0.39, 0.29) is 12.4 Å². The highest BCUT2D eigenvalue weighted by atomic mass is 32.2. The van der Waals surface area contributed by atoms with Crippen molar-refractivity contribution in [1.82, 2.24) is 0 Å². The van der Waals surface area contributed by atoms with Gasteiger partial charge in [-0.15, -0.1) is 0 Å². The van der Waals surface area contributed by atoms with Crippen molar-refractivity contribution >= 4 is 27.5 Å². The SMILES string of the molecule is Cc1ccc(C)c(C(=O)COC(=O)c2ccc3c(c2)CCN3S(C)(=O)=O)c1. The second kappa shape index (κ2) is 7.15. The van der Waals surface area contributed by atoms with E-state index in [0.29, 0.717) is 29.8 Å². The van der Waals surface area contributed by atoms with Crippen LogP contribution < -0.4 is 4.31 Å². The number of hydrogen-bond donors (Lipinski definition) is 0. The highest BCUT2D eigenvalue weighted by Gasteiger charge is 2.27. The number of esters is 1. The Bertz CT molecular complexity index is 1030. The van der Waals surface area contributed by atoms with E-state index >= 15 is 0 Å². The van der Waals surface area contributed by atoms with Crippen molar-refractivity contribution < 1.29 is 22.7 Å². The zero-order valence-corrected chi connectivity index (χ0v) is 16.3. The van der Waals surface area contributed by atoms with Gasteiger partial charge >= 0.3 is 5.97 Å². The van der Waals surface area contributed by atoms with Crippen LogP contribution in [-0.4, -0.2) is 39.6 Å². The van der Waals surface area contributed by atoms with Crippen LogP contribution >= 0.6 is 0 Å². The summed E-state index contributed by atoms with van der Waals surface area (Å²) in [6.45, 7) is 3.75. The average molecular weight is 387 g/mol. The second-order valence-corrected chi connectivity index (χ2v) is 8.65. The van der Waals surface area contributed by atoms with Crippen LogP contribution in [0.2, 0.25) is 0 Å². The van der Waals surface area contributed by atoms with Crippen molar-refractivity contribution in [2.75, 3.05) is 23.7 Å². The first-order chi connectivity index (χ1) is 12.7. The van der Waals surface area contributed by atoms with Crippen molar-refractivity contribution in [3.8, 4) is 0 Å². The summed E-state index contributed by atoms with van der Waals surface area (Å²) in [5.74, 6) is -0.858. The Morgan fingerprint density at radius 2 is 1.85 bits per heavy atom. The normalized spacial score (nSPS) is 13.4. The monoisotopic (exact) mass is 387 g/mol. The third kappa shape index (κ3) is 4.03. The average Bonchev–Trinajstić information content (AvgIpc) is 3.04. The fourth-order valence-corrected chi connectivity index (χ4v) is 4.13. The summed E-state index contributed by atoms with van der Waals surface area (Å²) < 4.78 is 30.0. The molecule has 27 heavy (non-hydrogen) atoms. The Balaban J connectivity index is 1.71. The number of ketones is 1. The number of carbonyl (C=O) groups is 2. The molecule has 2 aromatic carbocycles. The van der Waals surface area contributed by atoms with Crippen molar-refractivity contribution in [2.24, 2.45) is 0 Å². The largest absolute Gasteiger partial charge is 0.454 e. The van der Waals surface area contributed by atoms with E-state index in [4.69, 9.17) is 4.74 Å². The quantitative estimate of drug-likeness (QED) is 0.582. The van der Waals surface area contributed by atoms with Gasteiger partial charge in [0, 0.05) is 12.1 Å². The van der Waals surface area contributed by atoms with Gasteiger partial charge in [0.1, 0.15) is 0 Å². The lowest BCUT2D eigenvalue weighted by atomic mass is 10.0. The first kappa shape index (κ1) is 19.1. The van der Waals surface area contributed by atoms with Crippen molar-refractivity contribution in [3.05, 3.63) is 64.2 Å². The van der Waals surface area contributed by atoms with E-state index < -0.39 is 16.0 Å². The lowest BCUT2D eigenvalue weighted by Gasteiger charge is -2.16. The molecule has 2 aromatic rings. The molecule has 0 fully saturated rings. The summed E-state index contributed by atoms with van der Waals surface area (Å²) in [7, 11) is -3.34. The number of carbonyl (C=O) groups excluding carboxylic acids is 2. The summed E-state index contributed by atoms with van der Waals surface area (Å²) in [5, 5.41) is 0. The topological polar surface area (TPSA) is 80.8 Å². The minimum Gasteiger partial charge on any atom is -0.454 e. The molecule has 1 heterocycles. The van der Waals surface area contributed by atoms with Crippen molar-refractivity contribution in [2.45, 2.75) is 20.3 Å². The molecule has 0 spiro atoms. The highest BCUT2D eigenvalue weighted by molar-refractivity contribution is 7.92. The van der Waals surface area contributed by atoms with Gasteiger partial charge in [0.2, 0.25) is 15.8 Å². The van der Waals surface area contributed by atoms with Gasteiger partial charge < -0.3 is 4.74 Å². The predicted molar refractivity (Wildman–Crippen MR) is 103 cm³/mol. The summed E-state index contributed by atoms with van der Waals surface area (Å²) in [6, 6.07) is 10.3. The van der Waals surface area contributed by atoms with Crippen LogP contribution in [-0.2, 0) is 21.2 Å². The van der Waals surface area contributed by atoms with Crippen LogP contribution in [0.15, 0.2) is 36.4 Å². The molecule has 0 radical (unpaired) electrons. The Morgan fingerprint density at radius 1 is 1.11 bits per heavy atom. The van der Waals surface area contributed by atoms with Gasteiger partial charge in [-0.25, -0.2) is 13.2 Å². The molecule has 0 saturated carbocycles. The van der Waals surface area contributed by atoms with E-state index in [1.807, 2.05) is 26.0 Å². The first-order valence-electron chi connectivity index (χ1n) is 8.55. The number of hydrogen-bond acceptors (Lipinski definition) is 5. The molecule has 0 unspecified atom stereocenters. The minimum atomic E-state index is -3.34. The van der Waals surface area contributed by atoms with E-state index in [0.717, 1.165) is 22.9 Å². The third-order valence-corrected chi connectivity index (χ3v) is 5.78. The van der Waals surface area contributed by atoms with Crippen LogP contribution in [0.1, 0.15) is 37.4 Å². The minimum absolute atomic E-state index is 0.256. The lowest BCUT2D eigenvalue weighted by molar-refractivity contribution is 0.0474. The van der Waals surface area contributed by atoms with Crippen LogP contribution in [0, 0.1) is 13.8 Å². The van der Waals surface area contributed by atoms with E-state index in [1.54, 1.807) is 18.2 Å². The molecule has 0 atom stereocenters. The number of nitrogens with zero attached hydrogens (tertiary/aromatic N) is 1. The van der Waals surface area contributed by atoms with Gasteiger partial charge in [-0.1, -0.05) is 17.7 Å². The molecule has 7 heteroatoms. The number of aryl methyl sites for hydroxylation is 2. The summed E-state index contributed by atoms with van der Waals surface area (Å²) in [6.07, 6.45) is 1.69. The Labute approximate surface area is 158 Å². The molecule has 0 saturated heterocycles. The standard InChI is InChI=1S/C20H21NO5S/c1-13-4-5-14(2)17(10-13)19(22)12-26-20(23)16-6-7-18-15(11-16)8-9-21(18)27(3,24)25/h4-7,10-11H,8-9,12H2,1-3H3. The summed E-state index contributed by atoms with van der Waals surface area (Å²) >= 11 is 0. The number of ether oxygens (including phenoxy) is 1. The maximum atomic E-state index is 12.3. The molecule has 6 nitrogen and oxygen atoms in total. The zero-order valence-electron chi connectivity index (χ0n) is 15.5. The number of rotatable bonds is 5. The molecule has 0 N–H and O–H groups in total. The third-order valence-electron chi connectivity index (χ3n) is 4.60. The smallest absolute Gasteiger partial charge is 0.338 e. The zero-order chi connectivity index (χ0) is 19.8. The lowest BCUT2D eigenvalue weighted by Crippen LogP contribution is -2.27. The Morgan fingerprint density at radius 3 is 2.56 bits per heavy atom.